The zero-order valence-electron chi connectivity index (χ0n) is 12.6. The Morgan fingerprint density at radius 3 is 2.33 bits per heavy atom. The number of thiazole rings is 1. The Bertz CT molecular complexity index is 379. The van der Waals surface area contributed by atoms with Crippen LogP contribution in [-0.2, 0) is 10.2 Å². The number of aromatic nitrogens is 1. The van der Waals surface area contributed by atoms with Crippen LogP contribution in [0.25, 0.3) is 0 Å². The summed E-state index contributed by atoms with van der Waals surface area (Å²) >= 11 is 1.73. The van der Waals surface area contributed by atoms with Crippen molar-refractivity contribution >= 4 is 11.3 Å². The van der Waals surface area contributed by atoms with Gasteiger partial charge in [0.05, 0.1) is 17.3 Å². The predicted octanol–water partition coefficient (Wildman–Crippen LogP) is 3.52. The van der Waals surface area contributed by atoms with Crippen molar-refractivity contribution in [1.82, 2.24) is 10.3 Å². The Kier molecular flexibility index (Phi) is 4.92. The highest BCUT2D eigenvalue weighted by molar-refractivity contribution is 7.09. The van der Waals surface area contributed by atoms with E-state index in [9.17, 15) is 0 Å². The molecule has 1 unspecified atom stereocenters. The monoisotopic (exact) mass is 270 g/mol. The summed E-state index contributed by atoms with van der Waals surface area (Å²) in [7, 11) is 3.74. The van der Waals surface area contributed by atoms with E-state index in [2.05, 4.69) is 45.3 Å². The lowest BCUT2D eigenvalue weighted by Gasteiger charge is -2.27. The number of hydrogen-bond acceptors (Lipinski definition) is 4. The Morgan fingerprint density at radius 1 is 1.33 bits per heavy atom. The molecule has 0 saturated carbocycles. The van der Waals surface area contributed by atoms with E-state index in [1.807, 2.05) is 7.05 Å². The topological polar surface area (TPSA) is 34.1 Å². The van der Waals surface area contributed by atoms with Crippen LogP contribution < -0.4 is 5.32 Å². The van der Waals surface area contributed by atoms with E-state index >= 15 is 0 Å². The third kappa shape index (κ3) is 4.04. The molecule has 1 aromatic rings. The summed E-state index contributed by atoms with van der Waals surface area (Å²) in [6.07, 6.45) is 0.914. The maximum Gasteiger partial charge on any atom is 0.110 e. The van der Waals surface area contributed by atoms with Crippen LogP contribution >= 0.6 is 11.3 Å². The number of methoxy groups -OCH3 is 1. The lowest BCUT2D eigenvalue weighted by Crippen LogP contribution is -2.30. The van der Waals surface area contributed by atoms with Crippen molar-refractivity contribution in [3.8, 4) is 0 Å². The number of hydrogen-bond donors (Lipinski definition) is 1. The van der Waals surface area contributed by atoms with Crippen molar-refractivity contribution in [2.45, 2.75) is 58.1 Å². The third-order valence-corrected chi connectivity index (χ3v) is 4.14. The highest BCUT2D eigenvalue weighted by atomic mass is 32.1. The van der Waals surface area contributed by atoms with Gasteiger partial charge in [0.15, 0.2) is 0 Å². The summed E-state index contributed by atoms with van der Waals surface area (Å²) < 4.78 is 5.50. The zero-order chi connectivity index (χ0) is 14.0. The molecule has 0 aromatic carbocycles. The molecule has 0 aliphatic rings. The van der Waals surface area contributed by atoms with Crippen LogP contribution in [0.3, 0.4) is 0 Å². The van der Waals surface area contributed by atoms with Gasteiger partial charge in [0, 0.05) is 17.9 Å². The van der Waals surface area contributed by atoms with Crippen LogP contribution in [-0.4, -0.2) is 24.7 Å². The number of nitrogens with one attached hydrogen (secondary N) is 1. The Balaban J connectivity index is 2.87. The molecule has 0 aliphatic heterocycles. The smallest absolute Gasteiger partial charge is 0.110 e. The van der Waals surface area contributed by atoms with Gasteiger partial charge >= 0.3 is 0 Å². The first kappa shape index (κ1) is 15.6. The molecular weight excluding hydrogens is 244 g/mol. The molecule has 1 atom stereocenters. The molecule has 1 N–H and O–H groups in total. The Labute approximate surface area is 115 Å². The van der Waals surface area contributed by atoms with Gasteiger partial charge in [-0.2, -0.15) is 0 Å². The molecule has 0 fully saturated rings. The van der Waals surface area contributed by atoms with Gasteiger partial charge in [-0.3, -0.25) is 0 Å². The Morgan fingerprint density at radius 2 is 1.94 bits per heavy atom. The molecule has 1 aromatic heterocycles. The molecule has 0 bridgehead atoms. The van der Waals surface area contributed by atoms with Crippen LogP contribution in [0.4, 0.5) is 0 Å². The first-order valence-electron chi connectivity index (χ1n) is 6.38. The third-order valence-electron chi connectivity index (χ3n) is 3.19. The molecule has 0 spiro atoms. The standard InChI is InChI=1S/C14H26N2OS/c1-13(2,3)11-9-18-12(16-11)10(15-6)8-14(4,5)17-7/h9-10,15H,8H2,1-7H3. The predicted molar refractivity (Wildman–Crippen MR) is 78.3 cm³/mol. The van der Waals surface area contributed by atoms with Crippen LogP contribution in [0.5, 0.6) is 0 Å². The first-order valence-corrected chi connectivity index (χ1v) is 7.26. The lowest BCUT2D eigenvalue weighted by atomic mass is 9.93. The van der Waals surface area contributed by atoms with Crippen molar-refractivity contribution in [2.24, 2.45) is 0 Å². The second-order valence-corrected chi connectivity index (χ2v) is 7.22. The van der Waals surface area contributed by atoms with Gasteiger partial charge in [-0.25, -0.2) is 4.98 Å². The fourth-order valence-corrected chi connectivity index (χ4v) is 2.84. The first-order chi connectivity index (χ1) is 8.19. The summed E-state index contributed by atoms with van der Waals surface area (Å²) in [6, 6.07) is 0.251. The van der Waals surface area contributed by atoms with Crippen molar-refractivity contribution in [3.05, 3.63) is 16.1 Å². The van der Waals surface area contributed by atoms with Crippen molar-refractivity contribution in [1.29, 1.82) is 0 Å². The van der Waals surface area contributed by atoms with Gasteiger partial charge in [0.1, 0.15) is 5.01 Å². The van der Waals surface area contributed by atoms with Gasteiger partial charge in [0.2, 0.25) is 0 Å². The molecule has 0 saturated heterocycles. The summed E-state index contributed by atoms with van der Waals surface area (Å²) in [4.78, 5) is 4.77. The maximum atomic E-state index is 5.50. The summed E-state index contributed by atoms with van der Waals surface area (Å²) in [5.41, 5.74) is 1.14. The number of ether oxygens (including phenoxy) is 1. The molecule has 18 heavy (non-hydrogen) atoms. The van der Waals surface area contributed by atoms with Crippen molar-refractivity contribution in [2.75, 3.05) is 14.2 Å². The molecule has 1 rings (SSSR count). The maximum absolute atomic E-state index is 5.50. The zero-order valence-corrected chi connectivity index (χ0v) is 13.4. The molecule has 1 heterocycles. The molecular formula is C14H26N2OS. The number of rotatable bonds is 5. The van der Waals surface area contributed by atoms with Crippen molar-refractivity contribution in [3.63, 3.8) is 0 Å². The van der Waals surface area contributed by atoms with Gasteiger partial charge in [-0.15, -0.1) is 11.3 Å². The molecule has 0 aliphatic carbocycles. The summed E-state index contributed by atoms with van der Waals surface area (Å²) in [5, 5.41) is 6.65. The fourth-order valence-electron chi connectivity index (χ4n) is 1.68. The average Bonchev–Trinajstić information content (AvgIpc) is 2.74. The van der Waals surface area contributed by atoms with Crippen molar-refractivity contribution < 1.29 is 4.74 Å². The van der Waals surface area contributed by atoms with Gasteiger partial charge in [-0.1, -0.05) is 20.8 Å². The van der Waals surface area contributed by atoms with E-state index in [0.717, 1.165) is 17.1 Å². The normalized spacial score (nSPS) is 14.8. The fraction of sp³-hybridized carbons (Fsp3) is 0.786. The minimum atomic E-state index is -0.138. The quantitative estimate of drug-likeness (QED) is 0.889. The van der Waals surface area contributed by atoms with Gasteiger partial charge in [-0.05, 0) is 27.3 Å². The van der Waals surface area contributed by atoms with E-state index in [0.29, 0.717) is 0 Å². The molecule has 0 amide bonds. The largest absolute Gasteiger partial charge is 0.379 e. The minimum Gasteiger partial charge on any atom is -0.379 e. The summed E-state index contributed by atoms with van der Waals surface area (Å²) in [6.45, 7) is 10.8. The molecule has 3 nitrogen and oxygen atoms in total. The molecule has 0 radical (unpaired) electrons. The second-order valence-electron chi connectivity index (χ2n) is 6.33. The van der Waals surface area contributed by atoms with Gasteiger partial charge < -0.3 is 10.1 Å². The molecule has 104 valence electrons. The van der Waals surface area contributed by atoms with E-state index in [-0.39, 0.29) is 17.1 Å². The summed E-state index contributed by atoms with van der Waals surface area (Å²) in [5.74, 6) is 0. The van der Waals surface area contributed by atoms with E-state index in [4.69, 9.17) is 9.72 Å². The average molecular weight is 270 g/mol. The second kappa shape index (κ2) is 5.68. The van der Waals surface area contributed by atoms with Gasteiger partial charge in [0.25, 0.3) is 0 Å². The van der Waals surface area contributed by atoms with E-state index in [1.54, 1.807) is 18.4 Å². The Hall–Kier alpha value is -0.450. The van der Waals surface area contributed by atoms with Crippen LogP contribution in [0.15, 0.2) is 5.38 Å². The molecule has 4 heteroatoms. The minimum absolute atomic E-state index is 0.115. The SMILES string of the molecule is CNC(CC(C)(C)OC)c1nc(C(C)(C)C)cs1. The highest BCUT2D eigenvalue weighted by Gasteiger charge is 2.26. The van der Waals surface area contributed by atoms with E-state index < -0.39 is 0 Å². The van der Waals surface area contributed by atoms with E-state index in [1.165, 1.54) is 0 Å². The van der Waals surface area contributed by atoms with Crippen LogP contribution in [0.1, 0.15) is 57.8 Å². The number of nitrogens with zero attached hydrogens (tertiary/aromatic N) is 1. The lowest BCUT2D eigenvalue weighted by molar-refractivity contribution is 0.00741. The van der Waals surface area contributed by atoms with Crippen LogP contribution in [0.2, 0.25) is 0 Å². The van der Waals surface area contributed by atoms with Crippen LogP contribution in [0, 0.1) is 0 Å². The highest BCUT2D eigenvalue weighted by Crippen LogP contribution is 2.31.